The number of hydrogen-bond acceptors (Lipinski definition) is 6. The Morgan fingerprint density at radius 1 is 1.03 bits per heavy atom. The minimum Gasteiger partial charge on any atom is -0.489 e. The van der Waals surface area contributed by atoms with Crippen LogP contribution in [0.2, 0.25) is 0 Å². The number of nitrogens with one attached hydrogen (secondary N) is 2. The molecule has 0 aromatic heterocycles. The Labute approximate surface area is 183 Å². The van der Waals surface area contributed by atoms with Crippen LogP contribution in [0.1, 0.15) is 27.0 Å². The van der Waals surface area contributed by atoms with Gasteiger partial charge in [0.25, 0.3) is 5.91 Å². The van der Waals surface area contributed by atoms with E-state index < -0.39 is 0 Å². The van der Waals surface area contributed by atoms with Gasteiger partial charge in [-0.3, -0.25) is 15.0 Å². The maximum absolute atomic E-state index is 12.9. The molecule has 2 saturated heterocycles. The summed E-state index contributed by atoms with van der Waals surface area (Å²) in [4.78, 5) is 17.2. The van der Waals surface area contributed by atoms with Crippen LogP contribution in [0.4, 0.5) is 0 Å². The van der Waals surface area contributed by atoms with Crippen molar-refractivity contribution in [3.8, 4) is 5.75 Å². The zero-order valence-electron chi connectivity index (χ0n) is 17.8. The minimum atomic E-state index is 0.0283. The van der Waals surface area contributed by atoms with E-state index in [4.69, 9.17) is 9.47 Å². The number of hydrogen-bond donors (Lipinski definition) is 2. The van der Waals surface area contributed by atoms with Gasteiger partial charge in [-0.05, 0) is 23.3 Å². The zero-order valence-corrected chi connectivity index (χ0v) is 17.8. The second-order valence-electron chi connectivity index (χ2n) is 8.38. The maximum Gasteiger partial charge on any atom is 0.255 e. The van der Waals surface area contributed by atoms with Gasteiger partial charge in [-0.2, -0.15) is 0 Å². The van der Waals surface area contributed by atoms with Gasteiger partial charge in [0, 0.05) is 50.4 Å². The average molecular weight is 423 g/mol. The molecule has 3 aliphatic heterocycles. The molecule has 1 unspecified atom stereocenters. The SMILES string of the molecule is O=C1c2cccc(OCc3ccc(CN4CCOCC4)cc3)c2CN1C1CNCCN1. The molecule has 164 valence electrons. The third kappa shape index (κ3) is 4.60. The maximum atomic E-state index is 12.9. The summed E-state index contributed by atoms with van der Waals surface area (Å²) < 4.78 is 11.6. The van der Waals surface area contributed by atoms with Gasteiger partial charge >= 0.3 is 0 Å². The summed E-state index contributed by atoms with van der Waals surface area (Å²) in [6, 6.07) is 14.4. The summed E-state index contributed by atoms with van der Waals surface area (Å²) in [5.41, 5.74) is 4.18. The smallest absolute Gasteiger partial charge is 0.255 e. The molecule has 3 aliphatic rings. The quantitative estimate of drug-likeness (QED) is 0.737. The van der Waals surface area contributed by atoms with E-state index in [0.29, 0.717) is 13.2 Å². The van der Waals surface area contributed by atoms with Crippen LogP contribution in [-0.4, -0.2) is 67.8 Å². The lowest BCUT2D eigenvalue weighted by Crippen LogP contribution is -2.57. The lowest BCUT2D eigenvalue weighted by atomic mass is 10.1. The van der Waals surface area contributed by atoms with Crippen LogP contribution in [0, 0.1) is 0 Å². The van der Waals surface area contributed by atoms with Crippen molar-refractivity contribution in [1.29, 1.82) is 0 Å². The Morgan fingerprint density at radius 2 is 1.84 bits per heavy atom. The molecule has 31 heavy (non-hydrogen) atoms. The molecule has 1 amide bonds. The normalized spacial score (nSPS) is 21.9. The van der Waals surface area contributed by atoms with Gasteiger partial charge in [-0.1, -0.05) is 30.3 Å². The van der Waals surface area contributed by atoms with Crippen molar-refractivity contribution in [1.82, 2.24) is 20.4 Å². The summed E-state index contributed by atoms with van der Waals surface area (Å²) in [5, 5.41) is 6.78. The molecule has 7 heteroatoms. The largest absolute Gasteiger partial charge is 0.489 e. The average Bonchev–Trinajstić information content (AvgIpc) is 3.17. The summed E-state index contributed by atoms with van der Waals surface area (Å²) in [5.74, 6) is 0.878. The lowest BCUT2D eigenvalue weighted by molar-refractivity contribution is 0.0342. The number of benzene rings is 2. The fourth-order valence-electron chi connectivity index (χ4n) is 4.49. The fraction of sp³-hybridized carbons (Fsp3) is 0.458. The highest BCUT2D eigenvalue weighted by Gasteiger charge is 2.35. The van der Waals surface area contributed by atoms with E-state index in [9.17, 15) is 4.79 Å². The van der Waals surface area contributed by atoms with Gasteiger partial charge in [0.1, 0.15) is 12.4 Å². The minimum absolute atomic E-state index is 0.0283. The second-order valence-corrected chi connectivity index (χ2v) is 8.38. The number of fused-ring (bicyclic) bond motifs is 1. The van der Waals surface area contributed by atoms with Crippen molar-refractivity contribution in [3.63, 3.8) is 0 Å². The van der Waals surface area contributed by atoms with Crippen molar-refractivity contribution in [3.05, 3.63) is 64.7 Å². The van der Waals surface area contributed by atoms with E-state index in [0.717, 1.165) is 74.9 Å². The van der Waals surface area contributed by atoms with E-state index >= 15 is 0 Å². The predicted molar refractivity (Wildman–Crippen MR) is 118 cm³/mol. The Balaban J connectivity index is 1.21. The van der Waals surface area contributed by atoms with E-state index in [2.05, 4.69) is 39.8 Å². The molecule has 0 bridgehead atoms. The summed E-state index contributed by atoms with van der Waals surface area (Å²) >= 11 is 0. The topological polar surface area (TPSA) is 66.1 Å². The van der Waals surface area contributed by atoms with E-state index in [1.807, 2.05) is 23.1 Å². The van der Waals surface area contributed by atoms with Crippen LogP contribution in [-0.2, 0) is 24.4 Å². The number of carbonyl (C=O) groups is 1. The van der Waals surface area contributed by atoms with Crippen molar-refractivity contribution in [2.24, 2.45) is 0 Å². The molecule has 2 N–H and O–H groups in total. The number of ether oxygens (including phenoxy) is 2. The molecule has 2 aromatic rings. The van der Waals surface area contributed by atoms with Crippen molar-refractivity contribution in [2.75, 3.05) is 45.9 Å². The summed E-state index contributed by atoms with van der Waals surface area (Å²) in [6.07, 6.45) is 0.0283. The molecule has 0 aliphatic carbocycles. The van der Waals surface area contributed by atoms with Gasteiger partial charge in [-0.25, -0.2) is 0 Å². The molecular formula is C24H30N4O3. The van der Waals surface area contributed by atoms with Gasteiger partial charge in [0.15, 0.2) is 0 Å². The van der Waals surface area contributed by atoms with E-state index in [1.54, 1.807) is 0 Å². The highest BCUT2D eigenvalue weighted by atomic mass is 16.5. The van der Waals surface area contributed by atoms with E-state index in [-0.39, 0.29) is 12.1 Å². The Bertz CT molecular complexity index is 906. The molecule has 0 radical (unpaired) electrons. The number of carbonyl (C=O) groups excluding carboxylic acids is 1. The molecule has 3 heterocycles. The standard InChI is InChI=1S/C24H30N4O3/c29-24-20-2-1-3-22(21(20)16-28(24)23-14-25-8-9-26-23)31-17-19-6-4-18(5-7-19)15-27-10-12-30-13-11-27/h1-7,23,25-26H,8-17H2. The molecule has 0 saturated carbocycles. The number of rotatable bonds is 6. The third-order valence-electron chi connectivity index (χ3n) is 6.28. The van der Waals surface area contributed by atoms with Crippen LogP contribution >= 0.6 is 0 Å². The van der Waals surface area contributed by atoms with Gasteiger partial charge in [0.2, 0.25) is 0 Å². The van der Waals surface area contributed by atoms with Crippen molar-refractivity contribution in [2.45, 2.75) is 25.9 Å². The summed E-state index contributed by atoms with van der Waals surface area (Å²) in [6.45, 7) is 8.24. The zero-order chi connectivity index (χ0) is 21.0. The first-order chi connectivity index (χ1) is 15.3. The third-order valence-corrected chi connectivity index (χ3v) is 6.28. The molecule has 7 nitrogen and oxygen atoms in total. The monoisotopic (exact) mass is 422 g/mol. The second kappa shape index (κ2) is 9.36. The van der Waals surface area contributed by atoms with Crippen LogP contribution in [0.5, 0.6) is 5.75 Å². The number of morpholine rings is 1. The molecule has 5 rings (SSSR count). The van der Waals surface area contributed by atoms with Crippen LogP contribution in [0.15, 0.2) is 42.5 Å². The predicted octanol–water partition coefficient (Wildman–Crippen LogP) is 1.57. The molecular weight excluding hydrogens is 392 g/mol. The molecule has 1 atom stereocenters. The molecule has 0 spiro atoms. The Hall–Kier alpha value is -2.45. The first-order valence-corrected chi connectivity index (χ1v) is 11.2. The van der Waals surface area contributed by atoms with Crippen LogP contribution in [0.25, 0.3) is 0 Å². The lowest BCUT2D eigenvalue weighted by Gasteiger charge is -2.32. The van der Waals surface area contributed by atoms with Crippen molar-refractivity contribution >= 4 is 5.91 Å². The van der Waals surface area contributed by atoms with Crippen LogP contribution < -0.4 is 15.4 Å². The Morgan fingerprint density at radius 3 is 2.61 bits per heavy atom. The summed E-state index contributed by atoms with van der Waals surface area (Å²) in [7, 11) is 0. The molecule has 2 aromatic carbocycles. The number of amides is 1. The number of piperazine rings is 1. The highest BCUT2D eigenvalue weighted by molar-refractivity contribution is 5.99. The van der Waals surface area contributed by atoms with Gasteiger partial charge in [0.05, 0.1) is 25.9 Å². The number of nitrogens with zero attached hydrogens (tertiary/aromatic N) is 2. The van der Waals surface area contributed by atoms with Crippen LogP contribution in [0.3, 0.4) is 0 Å². The van der Waals surface area contributed by atoms with Gasteiger partial charge in [-0.15, -0.1) is 0 Å². The molecule has 2 fully saturated rings. The van der Waals surface area contributed by atoms with E-state index in [1.165, 1.54) is 5.56 Å². The highest BCUT2D eigenvalue weighted by Crippen LogP contribution is 2.32. The first kappa shape index (κ1) is 20.5. The van der Waals surface area contributed by atoms with Gasteiger partial charge < -0.3 is 19.7 Å². The Kier molecular flexibility index (Phi) is 6.18. The first-order valence-electron chi connectivity index (χ1n) is 11.2. The fourth-order valence-corrected chi connectivity index (χ4v) is 4.49. The van der Waals surface area contributed by atoms with Crippen molar-refractivity contribution < 1.29 is 14.3 Å².